The second-order valence-corrected chi connectivity index (χ2v) is 5.37. The van der Waals surface area contributed by atoms with Crippen LogP contribution < -0.4 is 20.9 Å². The Morgan fingerprint density at radius 3 is 2.52 bits per heavy atom. The third kappa shape index (κ3) is 3.38. The van der Waals surface area contributed by atoms with Gasteiger partial charge in [0.15, 0.2) is 11.5 Å². The summed E-state index contributed by atoms with van der Waals surface area (Å²) >= 11 is 6.29. The van der Waals surface area contributed by atoms with Gasteiger partial charge >= 0.3 is 0 Å². The van der Waals surface area contributed by atoms with E-state index >= 15 is 0 Å². The first-order valence-corrected chi connectivity index (χ1v) is 7.12. The van der Waals surface area contributed by atoms with Crippen LogP contribution in [0.1, 0.15) is 19.4 Å². The number of ether oxygens (including phenoxy) is 2. The van der Waals surface area contributed by atoms with Gasteiger partial charge < -0.3 is 20.9 Å². The summed E-state index contributed by atoms with van der Waals surface area (Å²) in [5.41, 5.74) is 12.3. The van der Waals surface area contributed by atoms with Crippen molar-refractivity contribution >= 4 is 23.4 Å². The van der Waals surface area contributed by atoms with Gasteiger partial charge in [0.05, 0.1) is 23.9 Å². The predicted octanol–water partition coefficient (Wildman–Crippen LogP) is 2.63. The lowest BCUT2D eigenvalue weighted by molar-refractivity contribution is 0.230. The summed E-state index contributed by atoms with van der Waals surface area (Å²) in [5, 5.41) is 9.61. The average Bonchev–Trinajstić information content (AvgIpc) is 2.48. The molecule has 4 N–H and O–H groups in total. The Hall–Kier alpha value is -2.72. The van der Waals surface area contributed by atoms with E-state index in [2.05, 4.69) is 9.97 Å². The molecule has 0 fully saturated rings. The Morgan fingerprint density at radius 2 is 1.96 bits per heavy atom. The van der Waals surface area contributed by atoms with Crippen molar-refractivity contribution in [1.82, 2.24) is 9.97 Å². The van der Waals surface area contributed by atoms with Gasteiger partial charge in [0, 0.05) is 5.56 Å². The quantitative estimate of drug-likeness (QED) is 0.882. The lowest BCUT2D eigenvalue weighted by Gasteiger charge is -2.16. The molecule has 2 rings (SSSR count). The smallest absolute Gasteiger partial charge is 0.222 e. The fourth-order valence-corrected chi connectivity index (χ4v) is 2.28. The summed E-state index contributed by atoms with van der Waals surface area (Å²) in [6.45, 7) is 3.76. The van der Waals surface area contributed by atoms with E-state index in [1.54, 1.807) is 12.1 Å². The van der Waals surface area contributed by atoms with Crippen molar-refractivity contribution < 1.29 is 9.47 Å². The molecule has 0 spiro atoms. The normalized spacial score (nSPS) is 10.4. The van der Waals surface area contributed by atoms with Crippen LogP contribution in [0.25, 0.3) is 11.3 Å². The monoisotopic (exact) mass is 333 g/mol. The zero-order valence-electron chi connectivity index (χ0n) is 12.9. The van der Waals surface area contributed by atoms with Crippen molar-refractivity contribution in [2.24, 2.45) is 0 Å². The number of halogens is 1. The molecule has 0 saturated carbocycles. The molecule has 120 valence electrons. The SMILES string of the molecule is COc1cc(-c2nc(N)nc(N)c2C#N)cc(Cl)c1OC(C)C. The fourth-order valence-electron chi connectivity index (χ4n) is 2.02. The highest BCUT2D eigenvalue weighted by Gasteiger charge is 2.19. The molecule has 0 atom stereocenters. The Morgan fingerprint density at radius 1 is 1.26 bits per heavy atom. The van der Waals surface area contributed by atoms with E-state index in [4.69, 9.17) is 32.5 Å². The highest BCUT2D eigenvalue weighted by Crippen LogP contribution is 2.40. The molecule has 7 nitrogen and oxygen atoms in total. The number of nitrogens with two attached hydrogens (primary N) is 2. The number of hydrogen-bond donors (Lipinski definition) is 2. The van der Waals surface area contributed by atoms with Gasteiger partial charge in [-0.3, -0.25) is 0 Å². The molecule has 2 aromatic rings. The zero-order chi connectivity index (χ0) is 17.1. The summed E-state index contributed by atoms with van der Waals surface area (Å²) in [6.07, 6.45) is -0.0766. The van der Waals surface area contributed by atoms with Gasteiger partial charge in [-0.05, 0) is 26.0 Å². The number of rotatable bonds is 4. The van der Waals surface area contributed by atoms with Gasteiger partial charge in [0.1, 0.15) is 17.5 Å². The zero-order valence-corrected chi connectivity index (χ0v) is 13.7. The van der Waals surface area contributed by atoms with E-state index in [0.29, 0.717) is 22.1 Å². The molecule has 23 heavy (non-hydrogen) atoms. The van der Waals surface area contributed by atoms with Crippen molar-refractivity contribution in [3.05, 3.63) is 22.7 Å². The largest absolute Gasteiger partial charge is 0.493 e. The van der Waals surface area contributed by atoms with Gasteiger partial charge in [-0.1, -0.05) is 11.6 Å². The number of nitriles is 1. The molecule has 0 radical (unpaired) electrons. The third-order valence-corrected chi connectivity index (χ3v) is 3.20. The van der Waals surface area contributed by atoms with Crippen LogP contribution in [0.3, 0.4) is 0 Å². The Bertz CT molecular complexity index is 786. The van der Waals surface area contributed by atoms with Gasteiger partial charge in [-0.2, -0.15) is 10.2 Å². The van der Waals surface area contributed by atoms with Gasteiger partial charge in [-0.25, -0.2) is 4.98 Å². The van der Waals surface area contributed by atoms with E-state index in [0.717, 1.165) is 0 Å². The number of nitrogen functional groups attached to an aromatic ring is 2. The van der Waals surface area contributed by atoms with Crippen LogP contribution in [-0.2, 0) is 0 Å². The molecular weight excluding hydrogens is 318 g/mol. The summed E-state index contributed by atoms with van der Waals surface area (Å²) < 4.78 is 11.0. The lowest BCUT2D eigenvalue weighted by Crippen LogP contribution is -2.08. The molecule has 0 aliphatic rings. The topological polar surface area (TPSA) is 120 Å². The van der Waals surface area contributed by atoms with E-state index in [-0.39, 0.29) is 29.1 Å². The minimum atomic E-state index is -0.0766. The Balaban J connectivity index is 2.67. The predicted molar refractivity (Wildman–Crippen MR) is 88.3 cm³/mol. The molecule has 0 bridgehead atoms. The maximum absolute atomic E-state index is 9.28. The van der Waals surface area contributed by atoms with E-state index in [9.17, 15) is 5.26 Å². The first kappa shape index (κ1) is 16.6. The number of benzene rings is 1. The van der Waals surface area contributed by atoms with E-state index in [1.807, 2.05) is 19.9 Å². The highest BCUT2D eigenvalue weighted by molar-refractivity contribution is 6.32. The average molecular weight is 334 g/mol. The minimum Gasteiger partial charge on any atom is -0.493 e. The number of anilines is 2. The van der Waals surface area contributed by atoms with Crippen LogP contribution in [0.2, 0.25) is 5.02 Å². The molecular formula is C15H16ClN5O2. The van der Waals surface area contributed by atoms with Gasteiger partial charge in [-0.15, -0.1) is 0 Å². The molecule has 1 aromatic carbocycles. The van der Waals surface area contributed by atoms with E-state index in [1.165, 1.54) is 7.11 Å². The van der Waals surface area contributed by atoms with Crippen molar-refractivity contribution in [1.29, 1.82) is 5.26 Å². The minimum absolute atomic E-state index is 0.00703. The second-order valence-electron chi connectivity index (χ2n) is 4.96. The third-order valence-electron chi connectivity index (χ3n) is 2.92. The molecule has 8 heteroatoms. The summed E-state index contributed by atoms with van der Waals surface area (Å²) in [6, 6.07) is 5.25. The standard InChI is InChI=1S/C15H16ClN5O2/c1-7(2)23-13-10(16)4-8(5-11(13)22-3)12-9(6-17)14(18)21-15(19)20-12/h4-5,7H,1-3H3,(H4,18,19,20,21). The molecule has 0 saturated heterocycles. The van der Waals surface area contributed by atoms with Crippen LogP contribution in [-0.4, -0.2) is 23.2 Å². The number of nitrogens with zero attached hydrogens (tertiary/aromatic N) is 3. The van der Waals surface area contributed by atoms with Crippen LogP contribution >= 0.6 is 11.6 Å². The molecule has 0 amide bonds. The van der Waals surface area contributed by atoms with Gasteiger partial charge in [0.2, 0.25) is 5.95 Å². The molecule has 0 unspecified atom stereocenters. The second kappa shape index (κ2) is 6.58. The summed E-state index contributed by atoms with van der Waals surface area (Å²) in [4.78, 5) is 7.88. The van der Waals surface area contributed by atoms with Crippen LogP contribution in [0.5, 0.6) is 11.5 Å². The van der Waals surface area contributed by atoms with Crippen LogP contribution in [0, 0.1) is 11.3 Å². The maximum atomic E-state index is 9.28. The molecule has 0 aliphatic carbocycles. The number of hydrogen-bond acceptors (Lipinski definition) is 7. The Labute approximate surface area is 138 Å². The van der Waals surface area contributed by atoms with E-state index < -0.39 is 0 Å². The summed E-state index contributed by atoms with van der Waals surface area (Å²) in [7, 11) is 1.50. The molecule has 1 heterocycles. The molecule has 0 aliphatic heterocycles. The Kier molecular flexibility index (Phi) is 4.77. The van der Waals surface area contributed by atoms with Gasteiger partial charge in [0.25, 0.3) is 0 Å². The van der Waals surface area contributed by atoms with Crippen molar-refractivity contribution in [2.75, 3.05) is 18.6 Å². The summed E-state index contributed by atoms with van der Waals surface area (Å²) in [5.74, 6) is 0.809. The fraction of sp³-hybridized carbons (Fsp3) is 0.267. The van der Waals surface area contributed by atoms with Crippen LogP contribution in [0.4, 0.5) is 11.8 Å². The first-order chi connectivity index (χ1) is 10.9. The van der Waals surface area contributed by atoms with Crippen LogP contribution in [0.15, 0.2) is 12.1 Å². The number of aromatic nitrogens is 2. The maximum Gasteiger partial charge on any atom is 0.222 e. The highest BCUT2D eigenvalue weighted by atomic mass is 35.5. The van der Waals surface area contributed by atoms with Crippen molar-refractivity contribution in [3.63, 3.8) is 0 Å². The lowest BCUT2D eigenvalue weighted by atomic mass is 10.1. The first-order valence-electron chi connectivity index (χ1n) is 6.75. The van der Waals surface area contributed by atoms with Crippen molar-refractivity contribution in [3.8, 4) is 28.8 Å². The molecule has 1 aromatic heterocycles. The number of methoxy groups -OCH3 is 1. The van der Waals surface area contributed by atoms with Crippen molar-refractivity contribution in [2.45, 2.75) is 20.0 Å².